The molecule has 2 heterocycles. The Hall–Kier alpha value is -2.31. The van der Waals surface area contributed by atoms with Gasteiger partial charge in [-0.05, 0) is 38.0 Å². The van der Waals surface area contributed by atoms with Crippen LogP contribution in [0.25, 0.3) is 0 Å². The van der Waals surface area contributed by atoms with E-state index in [1.54, 1.807) is 0 Å². The van der Waals surface area contributed by atoms with Crippen LogP contribution < -0.4 is 0 Å². The van der Waals surface area contributed by atoms with Gasteiger partial charge < -0.3 is 10.0 Å². The second-order valence-electron chi connectivity index (χ2n) is 11.2. The molecule has 2 fully saturated rings. The van der Waals surface area contributed by atoms with Crippen molar-refractivity contribution in [2.45, 2.75) is 51.7 Å². The van der Waals surface area contributed by atoms with Gasteiger partial charge in [0.1, 0.15) is 11.6 Å². The van der Waals surface area contributed by atoms with Crippen LogP contribution in [0.1, 0.15) is 51.7 Å². The largest absolute Gasteiger partial charge is 0.384 e. The molecule has 0 spiro atoms. The summed E-state index contributed by atoms with van der Waals surface area (Å²) in [5, 5.41) is 11.7. The zero-order valence-electron chi connectivity index (χ0n) is 20.8. The average molecular weight is 471 g/mol. The van der Waals surface area contributed by atoms with E-state index in [9.17, 15) is 18.7 Å². The molecule has 4 rings (SSSR count). The quantitative estimate of drug-likeness (QED) is 0.702. The standard InChI is InChI=1S/C28H36F2N2O2/c1-18-14-31(15-19(2)28(18,34)20-9-7-6-8-10-20)26(33)24-17-32(27(3,4)5)16-23(24)22-12-11-21(29)13-25(22)30/h6-13,18-19,23-24,34H,14-17H2,1-5H3/t18-,19+,23-,24-,28?/m0/s1. The SMILES string of the molecule is C[C@@H]1CN(C(=O)[C@H]2CN(C(C)(C)C)C[C@H]2c2ccc(F)cc2F)C[C@H](C)C1(O)c1ccccc1. The highest BCUT2D eigenvalue weighted by Crippen LogP contribution is 2.43. The van der Waals surface area contributed by atoms with Crippen LogP contribution >= 0.6 is 0 Å². The molecule has 34 heavy (non-hydrogen) atoms. The molecule has 5 atom stereocenters. The second kappa shape index (κ2) is 9.04. The van der Waals surface area contributed by atoms with E-state index < -0.39 is 23.2 Å². The number of rotatable bonds is 3. The molecule has 0 radical (unpaired) electrons. The second-order valence-corrected chi connectivity index (χ2v) is 11.2. The summed E-state index contributed by atoms with van der Waals surface area (Å²) in [5.74, 6) is -2.35. The number of carbonyl (C=O) groups is 1. The third-order valence-corrected chi connectivity index (χ3v) is 7.99. The van der Waals surface area contributed by atoms with Crippen LogP contribution in [0.4, 0.5) is 8.78 Å². The Kier molecular flexibility index (Phi) is 6.60. The van der Waals surface area contributed by atoms with Gasteiger partial charge in [-0.25, -0.2) is 8.78 Å². The molecule has 0 bridgehead atoms. The molecule has 6 heteroatoms. The molecule has 2 aliphatic rings. The van der Waals surface area contributed by atoms with E-state index in [0.717, 1.165) is 11.6 Å². The number of nitrogens with zero attached hydrogens (tertiary/aromatic N) is 2. The van der Waals surface area contributed by atoms with E-state index >= 15 is 0 Å². The van der Waals surface area contributed by atoms with Gasteiger partial charge in [-0.15, -0.1) is 0 Å². The molecular formula is C28H36F2N2O2. The van der Waals surface area contributed by atoms with Crippen molar-refractivity contribution >= 4 is 5.91 Å². The number of aliphatic hydroxyl groups is 1. The molecule has 2 aromatic carbocycles. The zero-order chi connectivity index (χ0) is 24.8. The van der Waals surface area contributed by atoms with Gasteiger partial charge in [0.2, 0.25) is 5.91 Å². The van der Waals surface area contributed by atoms with E-state index in [2.05, 4.69) is 25.7 Å². The summed E-state index contributed by atoms with van der Waals surface area (Å²) >= 11 is 0. The molecule has 1 N–H and O–H groups in total. The smallest absolute Gasteiger partial charge is 0.227 e. The fraction of sp³-hybridized carbons (Fsp3) is 0.536. The Morgan fingerprint density at radius 1 is 0.971 bits per heavy atom. The minimum absolute atomic E-state index is 0.0192. The van der Waals surface area contributed by atoms with Crippen molar-refractivity contribution in [2.75, 3.05) is 26.2 Å². The first-order valence-electron chi connectivity index (χ1n) is 12.2. The van der Waals surface area contributed by atoms with Crippen LogP contribution in [-0.2, 0) is 10.4 Å². The fourth-order valence-electron chi connectivity index (χ4n) is 5.91. The van der Waals surface area contributed by atoms with Crippen molar-refractivity contribution in [1.29, 1.82) is 0 Å². The fourth-order valence-corrected chi connectivity index (χ4v) is 5.91. The highest BCUT2D eigenvalue weighted by atomic mass is 19.1. The van der Waals surface area contributed by atoms with Crippen molar-refractivity contribution in [3.8, 4) is 0 Å². The summed E-state index contributed by atoms with van der Waals surface area (Å²) in [7, 11) is 0. The van der Waals surface area contributed by atoms with Crippen LogP contribution in [-0.4, -0.2) is 52.5 Å². The van der Waals surface area contributed by atoms with Crippen molar-refractivity contribution in [3.63, 3.8) is 0 Å². The van der Waals surface area contributed by atoms with Crippen LogP contribution in [0, 0.1) is 29.4 Å². The minimum atomic E-state index is -1.02. The van der Waals surface area contributed by atoms with E-state index in [4.69, 9.17) is 0 Å². The van der Waals surface area contributed by atoms with Crippen molar-refractivity contribution in [1.82, 2.24) is 9.80 Å². The monoisotopic (exact) mass is 470 g/mol. The van der Waals surface area contributed by atoms with Gasteiger partial charge in [0.25, 0.3) is 0 Å². The van der Waals surface area contributed by atoms with E-state index in [1.165, 1.54) is 12.1 Å². The predicted octanol–water partition coefficient (Wildman–Crippen LogP) is 4.78. The molecule has 0 saturated carbocycles. The highest BCUT2D eigenvalue weighted by Gasteiger charge is 2.50. The van der Waals surface area contributed by atoms with Gasteiger partial charge in [-0.2, -0.15) is 0 Å². The van der Waals surface area contributed by atoms with Crippen molar-refractivity contribution in [2.24, 2.45) is 17.8 Å². The summed E-state index contributed by atoms with van der Waals surface area (Å²) in [6, 6.07) is 13.3. The van der Waals surface area contributed by atoms with Crippen LogP contribution in [0.15, 0.2) is 48.5 Å². The number of amides is 1. The number of halogens is 2. The first kappa shape index (κ1) is 24.8. The van der Waals surface area contributed by atoms with Gasteiger partial charge in [-0.1, -0.05) is 50.2 Å². The Bertz CT molecular complexity index is 1020. The predicted molar refractivity (Wildman–Crippen MR) is 129 cm³/mol. The maximum absolute atomic E-state index is 14.8. The Morgan fingerprint density at radius 3 is 2.15 bits per heavy atom. The summed E-state index contributed by atoms with van der Waals surface area (Å²) < 4.78 is 28.4. The molecule has 2 saturated heterocycles. The summed E-state index contributed by atoms with van der Waals surface area (Å²) in [6.45, 7) is 12.1. The third kappa shape index (κ3) is 4.38. The molecule has 2 aromatic rings. The zero-order valence-corrected chi connectivity index (χ0v) is 20.8. The highest BCUT2D eigenvalue weighted by molar-refractivity contribution is 5.81. The van der Waals surface area contributed by atoms with Crippen LogP contribution in [0.3, 0.4) is 0 Å². The molecule has 0 aromatic heterocycles. The lowest BCUT2D eigenvalue weighted by Crippen LogP contribution is -2.57. The van der Waals surface area contributed by atoms with Crippen LogP contribution in [0.2, 0.25) is 0 Å². The molecule has 1 amide bonds. The van der Waals surface area contributed by atoms with Gasteiger partial charge >= 0.3 is 0 Å². The normalized spacial score (nSPS) is 30.5. The van der Waals surface area contributed by atoms with Gasteiger partial charge in [0.15, 0.2) is 0 Å². The minimum Gasteiger partial charge on any atom is -0.384 e. The lowest BCUT2D eigenvalue weighted by atomic mass is 9.70. The third-order valence-electron chi connectivity index (χ3n) is 7.99. The number of likely N-dealkylation sites (tertiary alicyclic amines) is 2. The first-order valence-corrected chi connectivity index (χ1v) is 12.2. The number of benzene rings is 2. The van der Waals surface area contributed by atoms with E-state index in [0.29, 0.717) is 31.7 Å². The maximum Gasteiger partial charge on any atom is 0.227 e. The molecule has 184 valence electrons. The molecule has 0 aliphatic carbocycles. The number of carbonyl (C=O) groups excluding carboxylic acids is 1. The van der Waals surface area contributed by atoms with Gasteiger partial charge in [0, 0.05) is 55.5 Å². The average Bonchev–Trinajstić information content (AvgIpc) is 3.23. The topological polar surface area (TPSA) is 43.8 Å². The summed E-state index contributed by atoms with van der Waals surface area (Å²) in [6.07, 6.45) is 0. The number of hydrogen-bond acceptors (Lipinski definition) is 3. The molecular weight excluding hydrogens is 434 g/mol. The first-order chi connectivity index (χ1) is 15.9. The lowest BCUT2D eigenvalue weighted by Gasteiger charge is -2.48. The summed E-state index contributed by atoms with van der Waals surface area (Å²) in [4.78, 5) is 17.9. The van der Waals surface area contributed by atoms with Gasteiger partial charge in [-0.3, -0.25) is 9.69 Å². The molecule has 4 nitrogen and oxygen atoms in total. The Morgan fingerprint density at radius 2 is 1.59 bits per heavy atom. The maximum atomic E-state index is 14.8. The van der Waals surface area contributed by atoms with Crippen molar-refractivity contribution in [3.05, 3.63) is 71.3 Å². The molecule has 1 unspecified atom stereocenters. The number of piperidine rings is 1. The Labute approximate surface area is 201 Å². The van der Waals surface area contributed by atoms with E-state index in [-0.39, 0.29) is 29.2 Å². The van der Waals surface area contributed by atoms with Crippen LogP contribution in [0.5, 0.6) is 0 Å². The number of hydrogen-bond donors (Lipinski definition) is 1. The van der Waals surface area contributed by atoms with Gasteiger partial charge in [0.05, 0.1) is 11.5 Å². The molecule has 2 aliphatic heterocycles. The van der Waals surface area contributed by atoms with E-state index in [1.807, 2.05) is 49.1 Å². The lowest BCUT2D eigenvalue weighted by molar-refractivity contribution is -0.152. The Balaban J connectivity index is 1.61. The van der Waals surface area contributed by atoms with Crippen molar-refractivity contribution < 1.29 is 18.7 Å². The summed E-state index contributed by atoms with van der Waals surface area (Å²) in [5.41, 5.74) is 0.0616.